The molecule has 18 heavy (non-hydrogen) atoms. The van der Waals surface area contributed by atoms with Crippen LogP contribution in [0.15, 0.2) is 17.1 Å². The Morgan fingerprint density at radius 2 is 2.06 bits per heavy atom. The number of nitrogens with zero attached hydrogens (tertiary/aromatic N) is 1. The van der Waals surface area contributed by atoms with Gasteiger partial charge in [0.05, 0.1) is 6.54 Å². The van der Waals surface area contributed by atoms with Crippen molar-refractivity contribution in [1.82, 2.24) is 5.32 Å². The van der Waals surface area contributed by atoms with Crippen molar-refractivity contribution in [3.8, 4) is 0 Å². The van der Waals surface area contributed by atoms with Crippen molar-refractivity contribution < 1.29 is 0 Å². The van der Waals surface area contributed by atoms with Crippen LogP contribution in [0.2, 0.25) is 0 Å². The quantitative estimate of drug-likeness (QED) is 0.501. The van der Waals surface area contributed by atoms with Crippen LogP contribution in [0.5, 0.6) is 0 Å². The molecule has 0 radical (unpaired) electrons. The third-order valence-electron chi connectivity index (χ3n) is 3.41. The molecule has 0 atom stereocenters. The second-order valence-electron chi connectivity index (χ2n) is 5.05. The smallest absolute Gasteiger partial charge is 0.189 e. The SMILES string of the molecule is Cc1ccc(CN=C(N)NC2CCCCCC2)s1. The van der Waals surface area contributed by atoms with Crippen molar-refractivity contribution in [3.05, 3.63) is 21.9 Å². The number of nitrogens with two attached hydrogens (primary N) is 1. The van der Waals surface area contributed by atoms with E-state index in [1.54, 1.807) is 11.3 Å². The standard InChI is InChI=1S/C14H23N3S/c1-11-8-9-13(18-11)10-16-14(15)17-12-6-4-2-3-5-7-12/h8-9,12H,2-7,10H2,1H3,(H3,15,16,17). The minimum atomic E-state index is 0.529. The van der Waals surface area contributed by atoms with Gasteiger partial charge >= 0.3 is 0 Å². The Balaban J connectivity index is 1.80. The Morgan fingerprint density at radius 3 is 2.67 bits per heavy atom. The lowest BCUT2D eigenvalue weighted by Gasteiger charge is -2.16. The zero-order valence-electron chi connectivity index (χ0n) is 11.1. The van der Waals surface area contributed by atoms with Gasteiger partial charge in [-0.3, -0.25) is 0 Å². The maximum atomic E-state index is 5.95. The fourth-order valence-corrected chi connectivity index (χ4v) is 3.23. The molecule has 0 saturated heterocycles. The Hall–Kier alpha value is -1.03. The molecule has 1 aromatic heterocycles. The summed E-state index contributed by atoms with van der Waals surface area (Å²) in [5.74, 6) is 0.605. The van der Waals surface area contributed by atoms with Crippen molar-refractivity contribution in [2.45, 2.75) is 58.0 Å². The summed E-state index contributed by atoms with van der Waals surface area (Å²) >= 11 is 1.79. The predicted molar refractivity (Wildman–Crippen MR) is 79.0 cm³/mol. The minimum Gasteiger partial charge on any atom is -0.370 e. The lowest BCUT2D eigenvalue weighted by Crippen LogP contribution is -2.39. The Morgan fingerprint density at radius 1 is 1.33 bits per heavy atom. The number of guanidine groups is 1. The van der Waals surface area contributed by atoms with Crippen LogP contribution in [0.4, 0.5) is 0 Å². The van der Waals surface area contributed by atoms with E-state index in [2.05, 4.69) is 29.4 Å². The van der Waals surface area contributed by atoms with Gasteiger partial charge in [-0.05, 0) is 31.9 Å². The molecule has 1 saturated carbocycles. The fraction of sp³-hybridized carbons (Fsp3) is 0.643. The van der Waals surface area contributed by atoms with Crippen molar-refractivity contribution in [2.24, 2.45) is 10.7 Å². The summed E-state index contributed by atoms with van der Waals surface area (Å²) in [5.41, 5.74) is 5.95. The second kappa shape index (κ2) is 6.78. The van der Waals surface area contributed by atoms with Crippen LogP contribution >= 0.6 is 11.3 Å². The van der Waals surface area contributed by atoms with E-state index in [0.717, 1.165) is 0 Å². The average Bonchev–Trinajstić information content (AvgIpc) is 2.60. The number of aliphatic imine (C=N–C) groups is 1. The highest BCUT2D eigenvalue weighted by Gasteiger charge is 2.12. The number of rotatable bonds is 3. The Bertz CT molecular complexity index is 389. The first kappa shape index (κ1) is 13.4. The molecule has 0 amide bonds. The normalized spacial score (nSPS) is 18.6. The number of hydrogen-bond donors (Lipinski definition) is 2. The van der Waals surface area contributed by atoms with Crippen LogP contribution in [-0.2, 0) is 6.54 Å². The van der Waals surface area contributed by atoms with Gasteiger partial charge in [0.25, 0.3) is 0 Å². The molecule has 0 bridgehead atoms. The third-order valence-corrected chi connectivity index (χ3v) is 4.39. The molecular weight excluding hydrogens is 242 g/mol. The van der Waals surface area contributed by atoms with E-state index < -0.39 is 0 Å². The van der Waals surface area contributed by atoms with E-state index in [-0.39, 0.29) is 0 Å². The molecule has 1 aliphatic carbocycles. The lowest BCUT2D eigenvalue weighted by molar-refractivity contribution is 0.530. The van der Waals surface area contributed by atoms with E-state index in [4.69, 9.17) is 5.73 Å². The van der Waals surface area contributed by atoms with Crippen LogP contribution in [0.1, 0.15) is 48.3 Å². The molecule has 1 aromatic rings. The first-order valence-electron chi connectivity index (χ1n) is 6.86. The van der Waals surface area contributed by atoms with Gasteiger partial charge in [-0.15, -0.1) is 11.3 Å². The summed E-state index contributed by atoms with van der Waals surface area (Å²) < 4.78 is 0. The molecule has 2 rings (SSSR count). The van der Waals surface area contributed by atoms with Crippen LogP contribution in [-0.4, -0.2) is 12.0 Å². The molecule has 3 N–H and O–H groups in total. The van der Waals surface area contributed by atoms with Gasteiger partial charge in [0.2, 0.25) is 0 Å². The summed E-state index contributed by atoms with van der Waals surface area (Å²) in [7, 11) is 0. The molecule has 0 aromatic carbocycles. The van der Waals surface area contributed by atoms with Crippen LogP contribution < -0.4 is 11.1 Å². The van der Waals surface area contributed by atoms with E-state index >= 15 is 0 Å². The van der Waals surface area contributed by atoms with Gasteiger partial charge in [-0.25, -0.2) is 4.99 Å². The van der Waals surface area contributed by atoms with Crippen LogP contribution in [0.3, 0.4) is 0 Å². The molecule has 1 heterocycles. The van der Waals surface area contributed by atoms with Crippen molar-refractivity contribution >= 4 is 17.3 Å². The predicted octanol–water partition coefficient (Wildman–Crippen LogP) is 3.18. The first-order valence-corrected chi connectivity index (χ1v) is 7.67. The summed E-state index contributed by atoms with van der Waals surface area (Å²) in [6.07, 6.45) is 7.82. The molecule has 0 spiro atoms. The highest BCUT2D eigenvalue weighted by molar-refractivity contribution is 7.11. The number of thiophene rings is 1. The molecule has 0 unspecified atom stereocenters. The summed E-state index contributed by atoms with van der Waals surface area (Å²) in [4.78, 5) is 7.03. The summed E-state index contributed by atoms with van der Waals surface area (Å²) in [6.45, 7) is 2.81. The van der Waals surface area contributed by atoms with Gasteiger partial charge in [-0.1, -0.05) is 25.7 Å². The van der Waals surface area contributed by atoms with Gasteiger partial charge in [0.1, 0.15) is 0 Å². The Kier molecular flexibility index (Phi) is 5.05. The zero-order chi connectivity index (χ0) is 12.8. The largest absolute Gasteiger partial charge is 0.370 e. The molecular formula is C14H23N3S. The topological polar surface area (TPSA) is 50.4 Å². The third kappa shape index (κ3) is 4.33. The van der Waals surface area contributed by atoms with E-state index in [0.29, 0.717) is 18.5 Å². The second-order valence-corrected chi connectivity index (χ2v) is 6.42. The maximum Gasteiger partial charge on any atom is 0.189 e. The number of nitrogens with one attached hydrogen (secondary N) is 1. The Labute approximate surface area is 114 Å². The lowest BCUT2D eigenvalue weighted by atomic mass is 10.1. The monoisotopic (exact) mass is 265 g/mol. The maximum absolute atomic E-state index is 5.95. The van der Waals surface area contributed by atoms with E-state index in [1.165, 1.54) is 48.3 Å². The molecule has 0 aliphatic heterocycles. The van der Waals surface area contributed by atoms with Crippen molar-refractivity contribution in [1.29, 1.82) is 0 Å². The summed E-state index contributed by atoms with van der Waals surface area (Å²) in [6, 6.07) is 4.79. The van der Waals surface area contributed by atoms with E-state index in [1.807, 2.05) is 0 Å². The molecule has 1 fully saturated rings. The average molecular weight is 265 g/mol. The zero-order valence-corrected chi connectivity index (χ0v) is 11.9. The first-order chi connectivity index (χ1) is 8.74. The summed E-state index contributed by atoms with van der Waals surface area (Å²) in [5, 5.41) is 3.37. The minimum absolute atomic E-state index is 0.529. The fourth-order valence-electron chi connectivity index (χ4n) is 2.41. The molecule has 1 aliphatic rings. The van der Waals surface area contributed by atoms with Crippen LogP contribution in [0.25, 0.3) is 0 Å². The van der Waals surface area contributed by atoms with Gasteiger partial charge in [-0.2, -0.15) is 0 Å². The van der Waals surface area contributed by atoms with Crippen molar-refractivity contribution in [2.75, 3.05) is 0 Å². The van der Waals surface area contributed by atoms with Crippen LogP contribution in [0, 0.1) is 6.92 Å². The highest BCUT2D eigenvalue weighted by atomic mass is 32.1. The molecule has 4 heteroatoms. The van der Waals surface area contributed by atoms with E-state index in [9.17, 15) is 0 Å². The molecule has 100 valence electrons. The van der Waals surface area contributed by atoms with Gasteiger partial charge in [0.15, 0.2) is 5.96 Å². The highest BCUT2D eigenvalue weighted by Crippen LogP contribution is 2.17. The molecule has 3 nitrogen and oxygen atoms in total. The number of hydrogen-bond acceptors (Lipinski definition) is 2. The van der Waals surface area contributed by atoms with Gasteiger partial charge in [0, 0.05) is 15.8 Å². The number of aryl methyl sites for hydroxylation is 1. The van der Waals surface area contributed by atoms with Gasteiger partial charge < -0.3 is 11.1 Å². The van der Waals surface area contributed by atoms with Crippen molar-refractivity contribution in [3.63, 3.8) is 0 Å².